The third-order valence-corrected chi connectivity index (χ3v) is 4.23. The SMILES string of the molecule is CCC(C#N)S(=O)(=O)Nc1cc(Cl)ccc1OC. The maximum absolute atomic E-state index is 11.9. The summed E-state index contributed by atoms with van der Waals surface area (Å²) in [6.45, 7) is 1.63. The first-order valence-corrected chi connectivity index (χ1v) is 7.11. The lowest BCUT2D eigenvalue weighted by molar-refractivity contribution is 0.417. The number of hydrogen-bond donors (Lipinski definition) is 1. The van der Waals surface area contributed by atoms with Crippen LogP contribution in [0.3, 0.4) is 0 Å². The van der Waals surface area contributed by atoms with Crippen LogP contribution in [0.5, 0.6) is 5.75 Å². The summed E-state index contributed by atoms with van der Waals surface area (Å²) in [5, 5.41) is 8.06. The molecular weight excluding hydrogens is 276 g/mol. The Kier molecular flexibility index (Phi) is 4.82. The van der Waals surface area contributed by atoms with Crippen molar-refractivity contribution < 1.29 is 13.2 Å². The molecule has 0 radical (unpaired) electrons. The van der Waals surface area contributed by atoms with Gasteiger partial charge in [-0.3, -0.25) is 4.72 Å². The molecule has 98 valence electrons. The van der Waals surface area contributed by atoms with Gasteiger partial charge in [0.25, 0.3) is 0 Å². The molecule has 1 atom stereocenters. The number of ether oxygens (including phenoxy) is 1. The minimum absolute atomic E-state index is 0.203. The van der Waals surface area contributed by atoms with Crippen molar-refractivity contribution in [1.82, 2.24) is 0 Å². The van der Waals surface area contributed by atoms with Crippen LogP contribution in [-0.4, -0.2) is 20.8 Å². The van der Waals surface area contributed by atoms with Gasteiger partial charge in [-0.25, -0.2) is 8.42 Å². The normalized spacial score (nSPS) is 12.6. The highest BCUT2D eigenvalue weighted by Crippen LogP contribution is 2.29. The Morgan fingerprint density at radius 3 is 2.72 bits per heavy atom. The smallest absolute Gasteiger partial charge is 0.249 e. The van der Waals surface area contributed by atoms with Crippen LogP contribution in [0.4, 0.5) is 5.69 Å². The van der Waals surface area contributed by atoms with Gasteiger partial charge in [0.1, 0.15) is 5.75 Å². The molecule has 0 amide bonds. The first kappa shape index (κ1) is 14.6. The highest BCUT2D eigenvalue weighted by molar-refractivity contribution is 7.93. The minimum atomic E-state index is -3.77. The second-order valence-corrected chi connectivity index (χ2v) is 5.82. The third kappa shape index (κ3) is 3.28. The number of hydrogen-bond acceptors (Lipinski definition) is 4. The van der Waals surface area contributed by atoms with Gasteiger partial charge in [0.2, 0.25) is 10.0 Å². The molecule has 1 aromatic carbocycles. The molecule has 0 spiro atoms. The molecule has 1 unspecified atom stereocenters. The van der Waals surface area contributed by atoms with Crippen LogP contribution in [0.25, 0.3) is 0 Å². The average Bonchev–Trinajstić information content (AvgIpc) is 2.29. The fourth-order valence-electron chi connectivity index (χ4n) is 1.36. The van der Waals surface area contributed by atoms with Crippen molar-refractivity contribution in [3.63, 3.8) is 0 Å². The lowest BCUT2D eigenvalue weighted by Gasteiger charge is -2.14. The van der Waals surface area contributed by atoms with E-state index in [1.54, 1.807) is 25.1 Å². The van der Waals surface area contributed by atoms with Crippen LogP contribution in [0.1, 0.15) is 13.3 Å². The van der Waals surface area contributed by atoms with E-state index in [1.807, 2.05) is 0 Å². The zero-order chi connectivity index (χ0) is 13.8. The van der Waals surface area contributed by atoms with E-state index in [4.69, 9.17) is 21.6 Å². The molecule has 1 aromatic rings. The molecule has 0 saturated carbocycles. The van der Waals surface area contributed by atoms with Gasteiger partial charge < -0.3 is 4.74 Å². The quantitative estimate of drug-likeness (QED) is 0.902. The topological polar surface area (TPSA) is 79.2 Å². The van der Waals surface area contributed by atoms with E-state index in [0.717, 1.165) is 0 Å². The molecule has 0 bridgehead atoms. The van der Waals surface area contributed by atoms with E-state index in [0.29, 0.717) is 10.8 Å². The zero-order valence-electron chi connectivity index (χ0n) is 9.97. The number of halogens is 1. The lowest BCUT2D eigenvalue weighted by Crippen LogP contribution is -2.26. The Morgan fingerprint density at radius 2 is 2.22 bits per heavy atom. The van der Waals surface area contributed by atoms with Gasteiger partial charge in [-0.15, -0.1) is 0 Å². The van der Waals surface area contributed by atoms with Crippen LogP contribution in [0.2, 0.25) is 5.02 Å². The van der Waals surface area contributed by atoms with Crippen LogP contribution < -0.4 is 9.46 Å². The average molecular weight is 289 g/mol. The summed E-state index contributed by atoms with van der Waals surface area (Å²) in [4.78, 5) is 0. The van der Waals surface area contributed by atoms with Crippen molar-refractivity contribution in [1.29, 1.82) is 5.26 Å². The summed E-state index contributed by atoms with van der Waals surface area (Å²) in [7, 11) is -2.36. The largest absolute Gasteiger partial charge is 0.495 e. The molecule has 0 aromatic heterocycles. The Morgan fingerprint density at radius 1 is 1.56 bits per heavy atom. The standard InChI is InChI=1S/C11H13ClN2O3S/c1-3-9(7-13)18(15,16)14-10-6-8(12)4-5-11(10)17-2/h4-6,9,14H,3H2,1-2H3. The molecular formula is C11H13ClN2O3S. The summed E-state index contributed by atoms with van der Waals surface area (Å²) in [5.41, 5.74) is 0.221. The summed E-state index contributed by atoms with van der Waals surface area (Å²) in [5.74, 6) is 0.343. The third-order valence-electron chi connectivity index (χ3n) is 2.30. The molecule has 7 heteroatoms. The summed E-state index contributed by atoms with van der Waals surface area (Å²) in [6.07, 6.45) is 0.203. The first-order valence-electron chi connectivity index (χ1n) is 5.19. The van der Waals surface area contributed by atoms with E-state index in [9.17, 15) is 8.42 Å². The highest BCUT2D eigenvalue weighted by atomic mass is 35.5. The molecule has 0 fully saturated rings. The number of rotatable bonds is 5. The Bertz CT molecular complexity index is 566. The monoisotopic (exact) mass is 288 g/mol. The molecule has 1 N–H and O–H groups in total. The fourth-order valence-corrected chi connectivity index (χ4v) is 2.72. The van der Waals surface area contributed by atoms with E-state index < -0.39 is 15.3 Å². The van der Waals surface area contributed by atoms with Gasteiger partial charge in [0.05, 0.1) is 18.9 Å². The summed E-state index contributed by atoms with van der Waals surface area (Å²) in [6, 6.07) is 6.30. The van der Waals surface area contributed by atoms with E-state index in [-0.39, 0.29) is 12.1 Å². The Balaban J connectivity index is 3.12. The number of nitrogens with one attached hydrogen (secondary N) is 1. The second-order valence-electron chi connectivity index (χ2n) is 3.52. The van der Waals surface area contributed by atoms with E-state index >= 15 is 0 Å². The predicted octanol–water partition coefficient (Wildman–Crippen LogP) is 2.39. The number of nitriles is 1. The minimum Gasteiger partial charge on any atom is -0.495 e. The lowest BCUT2D eigenvalue weighted by atomic mass is 10.3. The molecule has 5 nitrogen and oxygen atoms in total. The highest BCUT2D eigenvalue weighted by Gasteiger charge is 2.24. The van der Waals surface area contributed by atoms with Gasteiger partial charge in [-0.1, -0.05) is 18.5 Å². The second kappa shape index (κ2) is 5.94. The number of nitrogens with zero attached hydrogens (tertiary/aromatic N) is 1. The van der Waals surface area contributed by atoms with Gasteiger partial charge in [0, 0.05) is 5.02 Å². The maximum Gasteiger partial charge on any atom is 0.249 e. The number of benzene rings is 1. The number of sulfonamides is 1. The predicted molar refractivity (Wildman–Crippen MR) is 70.2 cm³/mol. The number of methoxy groups -OCH3 is 1. The van der Waals surface area contributed by atoms with Gasteiger partial charge in [-0.2, -0.15) is 5.26 Å². The van der Waals surface area contributed by atoms with Crippen molar-refractivity contribution in [3.05, 3.63) is 23.2 Å². The van der Waals surface area contributed by atoms with Crippen molar-refractivity contribution in [2.45, 2.75) is 18.6 Å². The van der Waals surface area contributed by atoms with E-state index in [1.165, 1.54) is 13.2 Å². The Labute approximate surface area is 111 Å². The van der Waals surface area contributed by atoms with Crippen molar-refractivity contribution in [2.75, 3.05) is 11.8 Å². The summed E-state index contributed by atoms with van der Waals surface area (Å²) >= 11 is 5.79. The summed E-state index contributed by atoms with van der Waals surface area (Å²) < 4.78 is 31.2. The zero-order valence-corrected chi connectivity index (χ0v) is 11.5. The number of anilines is 1. The van der Waals surface area contributed by atoms with Crippen LogP contribution in [0.15, 0.2) is 18.2 Å². The molecule has 0 saturated heterocycles. The fraction of sp³-hybridized carbons (Fsp3) is 0.364. The molecule has 0 aliphatic heterocycles. The van der Waals surface area contributed by atoms with Crippen LogP contribution in [-0.2, 0) is 10.0 Å². The van der Waals surface area contributed by atoms with E-state index in [2.05, 4.69) is 4.72 Å². The molecule has 0 aliphatic rings. The first-order chi connectivity index (χ1) is 8.44. The van der Waals surface area contributed by atoms with Crippen molar-refractivity contribution in [2.24, 2.45) is 0 Å². The van der Waals surface area contributed by atoms with Gasteiger partial charge >= 0.3 is 0 Å². The Hall–Kier alpha value is -1.45. The molecule has 0 heterocycles. The van der Waals surface area contributed by atoms with Gasteiger partial charge in [0.15, 0.2) is 5.25 Å². The van der Waals surface area contributed by atoms with Crippen molar-refractivity contribution in [3.8, 4) is 11.8 Å². The van der Waals surface area contributed by atoms with Crippen LogP contribution in [0, 0.1) is 11.3 Å². The van der Waals surface area contributed by atoms with Crippen molar-refractivity contribution >= 4 is 27.3 Å². The van der Waals surface area contributed by atoms with Gasteiger partial charge in [-0.05, 0) is 24.6 Å². The van der Waals surface area contributed by atoms with Crippen LogP contribution >= 0.6 is 11.6 Å². The maximum atomic E-state index is 11.9. The molecule has 1 rings (SSSR count). The molecule has 18 heavy (non-hydrogen) atoms. The molecule has 0 aliphatic carbocycles.